The fraction of sp³-hybridized carbons (Fsp3) is 0.111. The quantitative estimate of drug-likeness (QED) is 0.644. The first kappa shape index (κ1) is 18.2. The molecule has 2 heterocycles. The van der Waals surface area contributed by atoms with Gasteiger partial charge in [-0.2, -0.15) is 11.3 Å². The summed E-state index contributed by atoms with van der Waals surface area (Å²) in [5.41, 5.74) is 1.22. The second-order valence-corrected chi connectivity index (χ2v) is 6.60. The Morgan fingerprint density at radius 1 is 1.23 bits per heavy atom. The van der Waals surface area contributed by atoms with Crippen molar-refractivity contribution in [2.24, 2.45) is 0 Å². The van der Waals surface area contributed by atoms with E-state index in [4.69, 9.17) is 16.0 Å². The van der Waals surface area contributed by atoms with Crippen molar-refractivity contribution in [3.63, 3.8) is 0 Å². The lowest BCUT2D eigenvalue weighted by Crippen LogP contribution is -2.37. The predicted molar refractivity (Wildman–Crippen MR) is 97.9 cm³/mol. The first-order valence-electron chi connectivity index (χ1n) is 7.64. The zero-order chi connectivity index (χ0) is 18.5. The Labute approximate surface area is 157 Å². The van der Waals surface area contributed by atoms with Gasteiger partial charge in [0.1, 0.15) is 11.6 Å². The minimum atomic E-state index is -0.865. The standard InChI is InChI=1S/C18H14ClFN2O3S/c19-14-8-12(3-4-15(14)20)22-18(24)17(23)21-9-13(11-5-7-26-10-11)16-2-1-6-25-16/h1-8,10,13H,9H2,(H,21,23)(H,22,24). The van der Waals surface area contributed by atoms with Crippen molar-refractivity contribution >= 4 is 40.4 Å². The molecule has 26 heavy (non-hydrogen) atoms. The third-order valence-corrected chi connectivity index (χ3v) is 4.67. The first-order chi connectivity index (χ1) is 12.5. The van der Waals surface area contributed by atoms with Crippen LogP contribution in [0.1, 0.15) is 17.2 Å². The van der Waals surface area contributed by atoms with Crippen LogP contribution in [0.3, 0.4) is 0 Å². The van der Waals surface area contributed by atoms with Crippen LogP contribution in [0.5, 0.6) is 0 Å². The van der Waals surface area contributed by atoms with Gasteiger partial charge in [-0.05, 0) is 52.7 Å². The molecule has 0 saturated carbocycles. The molecular formula is C18H14ClFN2O3S. The highest BCUT2D eigenvalue weighted by Gasteiger charge is 2.21. The van der Waals surface area contributed by atoms with E-state index in [9.17, 15) is 14.0 Å². The van der Waals surface area contributed by atoms with Crippen LogP contribution in [0.25, 0.3) is 0 Å². The molecule has 0 fully saturated rings. The zero-order valence-electron chi connectivity index (χ0n) is 13.4. The maximum Gasteiger partial charge on any atom is 0.313 e. The van der Waals surface area contributed by atoms with E-state index >= 15 is 0 Å². The number of nitrogens with one attached hydrogen (secondary N) is 2. The number of furan rings is 1. The van der Waals surface area contributed by atoms with Crippen LogP contribution in [0.2, 0.25) is 5.02 Å². The molecule has 8 heteroatoms. The molecule has 2 N–H and O–H groups in total. The predicted octanol–water partition coefficient (Wildman–Crippen LogP) is 4.02. The molecule has 3 aromatic rings. The summed E-state index contributed by atoms with van der Waals surface area (Å²) in [4.78, 5) is 24.1. The maximum absolute atomic E-state index is 13.1. The molecule has 1 unspecified atom stereocenters. The highest BCUT2D eigenvalue weighted by molar-refractivity contribution is 7.08. The summed E-state index contributed by atoms with van der Waals surface area (Å²) < 4.78 is 18.6. The number of halogens is 2. The minimum absolute atomic E-state index is 0.140. The summed E-state index contributed by atoms with van der Waals surface area (Å²) in [5, 5.41) is 8.72. The summed E-state index contributed by atoms with van der Waals surface area (Å²) in [7, 11) is 0. The van der Waals surface area contributed by atoms with Crippen LogP contribution in [-0.2, 0) is 9.59 Å². The Bertz CT molecular complexity index is 863. The van der Waals surface area contributed by atoms with Crippen molar-refractivity contribution in [3.05, 3.63) is 75.6 Å². The van der Waals surface area contributed by atoms with Gasteiger partial charge in [0.25, 0.3) is 0 Å². The van der Waals surface area contributed by atoms with Crippen molar-refractivity contribution in [1.82, 2.24) is 5.32 Å². The van der Waals surface area contributed by atoms with Crippen LogP contribution < -0.4 is 10.6 Å². The topological polar surface area (TPSA) is 71.3 Å². The summed E-state index contributed by atoms with van der Waals surface area (Å²) in [5.74, 6) is -1.79. The molecule has 0 bridgehead atoms. The van der Waals surface area contributed by atoms with E-state index in [0.717, 1.165) is 11.6 Å². The zero-order valence-corrected chi connectivity index (χ0v) is 14.9. The van der Waals surface area contributed by atoms with Crippen LogP contribution in [0, 0.1) is 5.82 Å². The molecule has 0 saturated heterocycles. The molecule has 134 valence electrons. The fourth-order valence-corrected chi connectivity index (χ4v) is 3.28. The molecule has 3 rings (SSSR count). The highest BCUT2D eigenvalue weighted by atomic mass is 35.5. The number of thiophene rings is 1. The normalized spacial score (nSPS) is 11.8. The van der Waals surface area contributed by atoms with Gasteiger partial charge < -0.3 is 15.1 Å². The van der Waals surface area contributed by atoms with Gasteiger partial charge in [0, 0.05) is 12.2 Å². The number of benzene rings is 1. The number of hydrogen-bond donors (Lipinski definition) is 2. The molecule has 2 amide bonds. The van der Waals surface area contributed by atoms with Crippen LogP contribution in [0.15, 0.2) is 57.8 Å². The molecule has 5 nitrogen and oxygen atoms in total. The highest BCUT2D eigenvalue weighted by Crippen LogP contribution is 2.26. The lowest BCUT2D eigenvalue weighted by Gasteiger charge is -2.14. The van der Waals surface area contributed by atoms with Crippen molar-refractivity contribution in [2.75, 3.05) is 11.9 Å². The van der Waals surface area contributed by atoms with Gasteiger partial charge in [-0.3, -0.25) is 9.59 Å². The van der Waals surface area contributed by atoms with Crippen molar-refractivity contribution < 1.29 is 18.4 Å². The second kappa shape index (κ2) is 8.16. The maximum atomic E-state index is 13.1. The van der Waals surface area contributed by atoms with Crippen molar-refractivity contribution in [1.29, 1.82) is 0 Å². The molecule has 0 aliphatic carbocycles. The van der Waals surface area contributed by atoms with Crippen molar-refractivity contribution in [3.8, 4) is 0 Å². The summed E-state index contributed by atoms with van der Waals surface area (Å²) in [6, 6.07) is 9.18. The first-order valence-corrected chi connectivity index (χ1v) is 8.96. The monoisotopic (exact) mass is 392 g/mol. The number of hydrogen-bond acceptors (Lipinski definition) is 4. The van der Waals surface area contributed by atoms with Gasteiger partial charge >= 0.3 is 11.8 Å². The van der Waals surface area contributed by atoms with Crippen molar-refractivity contribution in [2.45, 2.75) is 5.92 Å². The van der Waals surface area contributed by atoms with Gasteiger partial charge in [0.2, 0.25) is 0 Å². The molecule has 0 radical (unpaired) electrons. The van der Waals surface area contributed by atoms with Gasteiger partial charge in [0.05, 0.1) is 17.2 Å². The summed E-state index contributed by atoms with van der Waals surface area (Å²) >= 11 is 7.19. The summed E-state index contributed by atoms with van der Waals surface area (Å²) in [6.45, 7) is 0.195. The Hall–Kier alpha value is -2.64. The van der Waals surface area contributed by atoms with E-state index in [1.165, 1.54) is 23.5 Å². The third-order valence-electron chi connectivity index (χ3n) is 3.68. The smallest absolute Gasteiger partial charge is 0.313 e. The number of anilines is 1. The molecule has 0 aliphatic rings. The fourth-order valence-electron chi connectivity index (χ4n) is 2.38. The van der Waals surface area contributed by atoms with Crippen LogP contribution in [-0.4, -0.2) is 18.4 Å². The number of carbonyl (C=O) groups excluding carboxylic acids is 2. The molecule has 2 aromatic heterocycles. The molecule has 1 aromatic carbocycles. The number of rotatable bonds is 5. The van der Waals surface area contributed by atoms with E-state index in [-0.39, 0.29) is 23.2 Å². The van der Waals surface area contributed by atoms with Gasteiger partial charge in [0.15, 0.2) is 0 Å². The van der Waals surface area contributed by atoms with E-state index in [1.54, 1.807) is 12.3 Å². The molecule has 0 aliphatic heterocycles. The minimum Gasteiger partial charge on any atom is -0.469 e. The SMILES string of the molecule is O=C(NCC(c1ccsc1)c1ccco1)C(=O)Nc1ccc(F)c(Cl)c1. The molecular weight excluding hydrogens is 379 g/mol. The Morgan fingerprint density at radius 3 is 2.73 bits per heavy atom. The largest absolute Gasteiger partial charge is 0.469 e. The Morgan fingerprint density at radius 2 is 2.08 bits per heavy atom. The van der Waals surface area contributed by atoms with E-state index in [2.05, 4.69) is 10.6 Å². The average Bonchev–Trinajstić information content (AvgIpc) is 3.32. The van der Waals surface area contributed by atoms with Crippen LogP contribution >= 0.6 is 22.9 Å². The second-order valence-electron chi connectivity index (χ2n) is 5.42. The lowest BCUT2D eigenvalue weighted by molar-refractivity contribution is -0.136. The van der Waals surface area contributed by atoms with Crippen LogP contribution in [0.4, 0.5) is 10.1 Å². The lowest BCUT2D eigenvalue weighted by atomic mass is 9.99. The van der Waals surface area contributed by atoms with Gasteiger partial charge in [-0.1, -0.05) is 11.6 Å². The Kier molecular flexibility index (Phi) is 5.70. The average molecular weight is 393 g/mol. The molecule has 1 atom stereocenters. The van der Waals surface area contributed by atoms with E-state index in [1.807, 2.05) is 22.9 Å². The van der Waals surface area contributed by atoms with Gasteiger partial charge in [-0.15, -0.1) is 0 Å². The van der Waals surface area contributed by atoms with E-state index in [0.29, 0.717) is 5.76 Å². The summed E-state index contributed by atoms with van der Waals surface area (Å²) in [6.07, 6.45) is 1.56. The van der Waals surface area contributed by atoms with Gasteiger partial charge in [-0.25, -0.2) is 4.39 Å². The number of amides is 2. The van der Waals surface area contributed by atoms with E-state index < -0.39 is 17.6 Å². The molecule has 0 spiro atoms. The number of carbonyl (C=O) groups is 2. The third kappa shape index (κ3) is 4.30. The Balaban J connectivity index is 1.63.